The smallest absolute Gasteiger partial charge is 0.306 e. The van der Waals surface area contributed by atoms with Crippen molar-refractivity contribution in [2.24, 2.45) is 0 Å². The second-order valence-corrected chi connectivity index (χ2v) is 11.3. The number of hydrogen-bond donors (Lipinski definition) is 4. The lowest BCUT2D eigenvalue weighted by Crippen LogP contribution is -2.59. The zero-order valence-electron chi connectivity index (χ0n) is 26.2. The molecule has 1 aliphatic heterocycles. The fourth-order valence-electron chi connectivity index (χ4n) is 4.70. The maximum atomic E-state index is 12.6. The number of aliphatic hydroxyl groups is 4. The van der Waals surface area contributed by atoms with Gasteiger partial charge in [-0.1, -0.05) is 95.9 Å². The molecule has 6 atom stereocenters. The Morgan fingerprint density at radius 3 is 2.14 bits per heavy atom. The van der Waals surface area contributed by atoms with E-state index in [1.54, 1.807) is 0 Å². The maximum Gasteiger partial charge on any atom is 0.306 e. The number of unbranched alkanes of at least 4 members (excludes halogenated alkanes) is 11. The fraction of sp³-hybridized carbons (Fsp3) is 0.848. The number of ether oxygens (including phenoxy) is 4. The van der Waals surface area contributed by atoms with Crippen LogP contribution in [0.3, 0.4) is 0 Å². The van der Waals surface area contributed by atoms with Crippen molar-refractivity contribution in [3.63, 3.8) is 0 Å². The Hall–Kier alpha value is -1.33. The quantitative estimate of drug-likeness (QED) is 0.0606. The van der Waals surface area contributed by atoms with Gasteiger partial charge in [-0.2, -0.15) is 0 Å². The van der Waals surface area contributed by atoms with Gasteiger partial charge in [0.05, 0.1) is 19.8 Å². The van der Waals surface area contributed by atoms with Crippen LogP contribution < -0.4 is 0 Å². The average Bonchev–Trinajstić information content (AvgIpc) is 2.99. The van der Waals surface area contributed by atoms with Gasteiger partial charge < -0.3 is 39.4 Å². The summed E-state index contributed by atoms with van der Waals surface area (Å²) < 4.78 is 22.5. The molecule has 1 saturated heterocycles. The van der Waals surface area contributed by atoms with Gasteiger partial charge in [-0.3, -0.25) is 4.79 Å². The minimum Gasteiger partial charge on any atom is -0.457 e. The normalized spacial score (nSPS) is 23.6. The molecule has 1 aliphatic rings. The third-order valence-corrected chi connectivity index (χ3v) is 7.35. The highest BCUT2D eigenvalue weighted by molar-refractivity contribution is 5.69. The lowest BCUT2D eigenvalue weighted by molar-refractivity contribution is -0.305. The number of allylic oxidation sites excluding steroid dienone is 4. The van der Waals surface area contributed by atoms with Crippen LogP contribution in [0.1, 0.15) is 117 Å². The van der Waals surface area contributed by atoms with Gasteiger partial charge in [-0.05, 0) is 38.5 Å². The van der Waals surface area contributed by atoms with Gasteiger partial charge in [0.15, 0.2) is 6.29 Å². The first-order valence-electron chi connectivity index (χ1n) is 16.4. The Morgan fingerprint density at radius 1 is 0.762 bits per heavy atom. The van der Waals surface area contributed by atoms with E-state index < -0.39 is 43.4 Å². The molecule has 0 saturated carbocycles. The van der Waals surface area contributed by atoms with E-state index in [2.05, 4.69) is 38.2 Å². The zero-order chi connectivity index (χ0) is 30.8. The highest BCUT2D eigenvalue weighted by Crippen LogP contribution is 2.22. The van der Waals surface area contributed by atoms with Crippen LogP contribution in [-0.2, 0) is 23.7 Å². The van der Waals surface area contributed by atoms with E-state index in [1.807, 2.05) is 0 Å². The molecule has 246 valence electrons. The Bertz CT molecular complexity index is 697. The summed E-state index contributed by atoms with van der Waals surface area (Å²) in [5, 5.41) is 39.7. The van der Waals surface area contributed by atoms with Crippen LogP contribution in [0.2, 0.25) is 0 Å². The van der Waals surface area contributed by atoms with Gasteiger partial charge in [0.2, 0.25) is 0 Å². The van der Waals surface area contributed by atoms with E-state index in [-0.39, 0.29) is 19.2 Å². The Labute approximate surface area is 254 Å². The number of carbonyl (C=O) groups is 1. The Morgan fingerprint density at radius 2 is 1.43 bits per heavy atom. The van der Waals surface area contributed by atoms with Crippen LogP contribution in [0.5, 0.6) is 0 Å². The summed E-state index contributed by atoms with van der Waals surface area (Å²) in [4.78, 5) is 12.6. The molecule has 1 heterocycles. The SMILES string of the molecule is CCC/C=C\C/C=C\CCCCCCCC(=O)OC(COCCCCCCCC)COC1OC(CO)C(O)C(O)C1O. The molecular weight excluding hydrogens is 540 g/mol. The predicted octanol–water partition coefficient (Wildman–Crippen LogP) is 5.13. The lowest BCUT2D eigenvalue weighted by Gasteiger charge is -2.39. The number of esters is 1. The van der Waals surface area contributed by atoms with E-state index in [0.29, 0.717) is 13.0 Å². The summed E-state index contributed by atoms with van der Waals surface area (Å²) in [6.45, 7) is 4.39. The summed E-state index contributed by atoms with van der Waals surface area (Å²) in [5.41, 5.74) is 0. The van der Waals surface area contributed by atoms with E-state index in [4.69, 9.17) is 18.9 Å². The Balaban J connectivity index is 2.38. The highest BCUT2D eigenvalue weighted by atomic mass is 16.7. The molecule has 1 fully saturated rings. The van der Waals surface area contributed by atoms with Crippen molar-refractivity contribution in [1.82, 2.24) is 0 Å². The molecule has 9 heteroatoms. The first-order valence-corrected chi connectivity index (χ1v) is 16.4. The molecule has 0 aromatic carbocycles. The minimum atomic E-state index is -1.53. The monoisotopic (exact) mass is 600 g/mol. The van der Waals surface area contributed by atoms with Gasteiger partial charge in [-0.15, -0.1) is 0 Å². The van der Waals surface area contributed by atoms with Crippen molar-refractivity contribution in [3.05, 3.63) is 24.3 Å². The van der Waals surface area contributed by atoms with Gasteiger partial charge in [0.1, 0.15) is 30.5 Å². The maximum absolute atomic E-state index is 12.6. The van der Waals surface area contributed by atoms with E-state index >= 15 is 0 Å². The molecule has 4 N–H and O–H groups in total. The zero-order valence-corrected chi connectivity index (χ0v) is 26.2. The van der Waals surface area contributed by atoms with Crippen LogP contribution in [0.25, 0.3) is 0 Å². The molecule has 0 aliphatic carbocycles. The number of rotatable bonds is 26. The second-order valence-electron chi connectivity index (χ2n) is 11.3. The van der Waals surface area contributed by atoms with Crippen molar-refractivity contribution >= 4 is 5.97 Å². The predicted molar refractivity (Wildman–Crippen MR) is 164 cm³/mol. The third kappa shape index (κ3) is 18.4. The van der Waals surface area contributed by atoms with Gasteiger partial charge in [-0.25, -0.2) is 0 Å². The third-order valence-electron chi connectivity index (χ3n) is 7.35. The molecule has 9 nitrogen and oxygen atoms in total. The van der Waals surface area contributed by atoms with Crippen molar-refractivity contribution < 1.29 is 44.2 Å². The summed E-state index contributed by atoms with van der Waals surface area (Å²) in [6, 6.07) is 0. The number of carbonyl (C=O) groups excluding carboxylic acids is 1. The first kappa shape index (κ1) is 38.7. The molecule has 0 radical (unpaired) electrons. The van der Waals surface area contributed by atoms with Gasteiger partial charge >= 0.3 is 5.97 Å². The number of aliphatic hydroxyl groups excluding tert-OH is 4. The number of hydrogen-bond acceptors (Lipinski definition) is 9. The van der Waals surface area contributed by atoms with Crippen molar-refractivity contribution in [2.45, 2.75) is 153 Å². The van der Waals surface area contributed by atoms with E-state index in [0.717, 1.165) is 64.2 Å². The Kier molecular flexibility index (Phi) is 24.1. The van der Waals surface area contributed by atoms with Crippen molar-refractivity contribution in [3.8, 4) is 0 Å². The largest absolute Gasteiger partial charge is 0.457 e. The minimum absolute atomic E-state index is 0.118. The summed E-state index contributed by atoms with van der Waals surface area (Å²) in [6.07, 6.45) is 17.9. The molecular formula is C33H60O9. The molecule has 0 amide bonds. The second kappa shape index (κ2) is 26.1. The summed E-state index contributed by atoms with van der Waals surface area (Å²) >= 11 is 0. The summed E-state index contributed by atoms with van der Waals surface area (Å²) in [5.74, 6) is -0.334. The van der Waals surface area contributed by atoms with E-state index in [1.165, 1.54) is 32.1 Å². The average molecular weight is 601 g/mol. The van der Waals surface area contributed by atoms with Gasteiger partial charge in [0.25, 0.3) is 0 Å². The van der Waals surface area contributed by atoms with Crippen molar-refractivity contribution in [1.29, 1.82) is 0 Å². The van der Waals surface area contributed by atoms with Crippen molar-refractivity contribution in [2.75, 3.05) is 26.4 Å². The van der Waals surface area contributed by atoms with Crippen LogP contribution >= 0.6 is 0 Å². The molecule has 42 heavy (non-hydrogen) atoms. The summed E-state index contributed by atoms with van der Waals surface area (Å²) in [7, 11) is 0. The molecule has 6 unspecified atom stereocenters. The fourth-order valence-corrected chi connectivity index (χ4v) is 4.70. The van der Waals surface area contributed by atoms with E-state index in [9.17, 15) is 25.2 Å². The first-order chi connectivity index (χ1) is 20.4. The molecule has 0 aromatic rings. The topological polar surface area (TPSA) is 135 Å². The van der Waals surface area contributed by atoms with Crippen LogP contribution in [-0.4, -0.2) is 89.6 Å². The van der Waals surface area contributed by atoms with Crippen LogP contribution in [0.4, 0.5) is 0 Å². The highest BCUT2D eigenvalue weighted by Gasteiger charge is 2.44. The standard InChI is InChI=1S/C33H60O9/c1-3-5-7-9-11-12-13-14-15-16-17-18-20-22-29(35)41-27(25-39-23-21-19-10-8-6-4-2)26-40-33-32(38)31(37)30(36)28(24-34)42-33/h7,9,12-13,27-28,30-34,36-38H,3-6,8,10-11,14-26H2,1-2H3/b9-7-,13-12-. The molecule has 1 rings (SSSR count). The van der Waals surface area contributed by atoms with Gasteiger partial charge in [0, 0.05) is 13.0 Å². The molecule has 0 bridgehead atoms. The van der Waals surface area contributed by atoms with Crippen LogP contribution in [0.15, 0.2) is 24.3 Å². The molecule has 0 spiro atoms. The molecule has 0 aromatic heterocycles. The van der Waals surface area contributed by atoms with Crippen LogP contribution in [0, 0.1) is 0 Å². The lowest BCUT2D eigenvalue weighted by atomic mass is 9.99.